The summed E-state index contributed by atoms with van der Waals surface area (Å²) in [5.74, 6) is -0.0904. The van der Waals surface area contributed by atoms with E-state index in [1.54, 1.807) is 24.3 Å². The van der Waals surface area contributed by atoms with E-state index in [0.717, 1.165) is 38.3 Å². The summed E-state index contributed by atoms with van der Waals surface area (Å²) in [7, 11) is 2.14. The maximum atomic E-state index is 12.7. The molecule has 0 atom stereocenters. The van der Waals surface area contributed by atoms with Crippen molar-refractivity contribution in [1.82, 2.24) is 9.80 Å². The molecule has 0 bridgehead atoms. The predicted molar refractivity (Wildman–Crippen MR) is 93.8 cm³/mol. The van der Waals surface area contributed by atoms with Crippen LogP contribution < -0.4 is 0 Å². The Hall–Kier alpha value is -2.48. The Morgan fingerprint density at radius 2 is 1.83 bits per heavy atom. The highest BCUT2D eigenvalue weighted by molar-refractivity contribution is 6.10. The van der Waals surface area contributed by atoms with Gasteiger partial charge in [0.15, 0.2) is 5.78 Å². The Morgan fingerprint density at radius 1 is 1.08 bits per heavy atom. The summed E-state index contributed by atoms with van der Waals surface area (Å²) in [4.78, 5) is 17.5. The Balaban J connectivity index is 1.78. The van der Waals surface area contributed by atoms with E-state index < -0.39 is 0 Å². The number of hydrogen-bond acceptors (Lipinski definition) is 4. The minimum atomic E-state index is -0.0904. The minimum absolute atomic E-state index is 0.0904. The van der Waals surface area contributed by atoms with Crippen LogP contribution in [0.15, 0.2) is 48.5 Å². The molecule has 0 amide bonds. The zero-order valence-electron chi connectivity index (χ0n) is 13.9. The molecule has 2 aromatic carbocycles. The fourth-order valence-corrected chi connectivity index (χ4v) is 3.01. The third-order valence-corrected chi connectivity index (χ3v) is 4.48. The van der Waals surface area contributed by atoms with Gasteiger partial charge in [-0.3, -0.25) is 9.69 Å². The number of rotatable bonds is 4. The first-order valence-corrected chi connectivity index (χ1v) is 8.21. The van der Waals surface area contributed by atoms with Crippen molar-refractivity contribution < 1.29 is 4.79 Å². The van der Waals surface area contributed by atoms with Crippen molar-refractivity contribution in [2.45, 2.75) is 6.54 Å². The lowest BCUT2D eigenvalue weighted by Crippen LogP contribution is -2.43. The number of ketones is 1. The van der Waals surface area contributed by atoms with E-state index in [1.165, 1.54) is 0 Å². The molecule has 1 aliphatic heterocycles. The van der Waals surface area contributed by atoms with E-state index in [0.29, 0.717) is 16.7 Å². The summed E-state index contributed by atoms with van der Waals surface area (Å²) in [6, 6.07) is 16.8. The highest BCUT2D eigenvalue weighted by Crippen LogP contribution is 2.16. The van der Waals surface area contributed by atoms with Crippen LogP contribution in [0, 0.1) is 11.3 Å². The quantitative estimate of drug-likeness (QED) is 0.813. The normalized spacial score (nSPS) is 15.8. The van der Waals surface area contributed by atoms with Crippen molar-refractivity contribution in [3.05, 3.63) is 70.8 Å². The van der Waals surface area contributed by atoms with Gasteiger partial charge in [0, 0.05) is 43.9 Å². The second kappa shape index (κ2) is 7.39. The van der Waals surface area contributed by atoms with E-state index >= 15 is 0 Å². The molecule has 1 aliphatic rings. The minimum Gasteiger partial charge on any atom is -0.304 e. The van der Waals surface area contributed by atoms with Gasteiger partial charge in [-0.1, -0.05) is 30.3 Å². The summed E-state index contributed by atoms with van der Waals surface area (Å²) in [6.07, 6.45) is 0. The Labute approximate surface area is 142 Å². The zero-order chi connectivity index (χ0) is 16.9. The number of nitrogens with zero attached hydrogens (tertiary/aromatic N) is 3. The van der Waals surface area contributed by atoms with Gasteiger partial charge in [-0.2, -0.15) is 5.26 Å². The molecule has 4 nitrogen and oxygen atoms in total. The Morgan fingerprint density at radius 3 is 2.58 bits per heavy atom. The van der Waals surface area contributed by atoms with Gasteiger partial charge in [-0.15, -0.1) is 0 Å². The molecule has 1 saturated heterocycles. The molecule has 1 heterocycles. The third kappa shape index (κ3) is 3.70. The highest BCUT2D eigenvalue weighted by atomic mass is 16.1. The molecule has 0 N–H and O–H groups in total. The topological polar surface area (TPSA) is 47.3 Å². The van der Waals surface area contributed by atoms with Crippen molar-refractivity contribution in [3.8, 4) is 6.07 Å². The molecule has 0 radical (unpaired) electrons. The molecule has 2 aromatic rings. The van der Waals surface area contributed by atoms with Crippen LogP contribution in [-0.2, 0) is 6.54 Å². The summed E-state index contributed by atoms with van der Waals surface area (Å²) < 4.78 is 0. The van der Waals surface area contributed by atoms with Crippen molar-refractivity contribution in [1.29, 1.82) is 5.26 Å². The van der Waals surface area contributed by atoms with Crippen molar-refractivity contribution >= 4 is 5.78 Å². The maximum Gasteiger partial charge on any atom is 0.194 e. The van der Waals surface area contributed by atoms with Crippen molar-refractivity contribution in [2.75, 3.05) is 33.2 Å². The number of piperazine rings is 1. The van der Waals surface area contributed by atoms with Gasteiger partial charge in [0.1, 0.15) is 0 Å². The third-order valence-electron chi connectivity index (χ3n) is 4.48. The molecule has 122 valence electrons. The fourth-order valence-electron chi connectivity index (χ4n) is 3.01. The molecule has 0 unspecified atom stereocenters. The van der Waals surface area contributed by atoms with Crippen LogP contribution in [0.1, 0.15) is 27.0 Å². The molecule has 4 heteroatoms. The first kappa shape index (κ1) is 16.4. The van der Waals surface area contributed by atoms with Gasteiger partial charge in [0.25, 0.3) is 0 Å². The molecule has 0 aromatic heterocycles. The summed E-state index contributed by atoms with van der Waals surface area (Å²) in [5.41, 5.74) is 2.67. The first-order chi connectivity index (χ1) is 11.7. The number of carbonyl (C=O) groups is 1. The SMILES string of the molecule is CN1CCN(Cc2cccc(C(=O)c3ccccc3C#N)c2)CC1. The highest BCUT2D eigenvalue weighted by Gasteiger charge is 2.16. The number of likely N-dealkylation sites (N-methyl/N-ethyl adjacent to an activating group) is 1. The molecule has 3 rings (SSSR count). The molecule has 24 heavy (non-hydrogen) atoms. The number of carbonyl (C=O) groups excluding carboxylic acids is 1. The van der Waals surface area contributed by atoms with Gasteiger partial charge in [0.05, 0.1) is 11.6 Å². The van der Waals surface area contributed by atoms with E-state index in [1.807, 2.05) is 18.2 Å². The average molecular weight is 319 g/mol. The monoisotopic (exact) mass is 319 g/mol. The molecular weight excluding hydrogens is 298 g/mol. The fraction of sp³-hybridized carbons (Fsp3) is 0.300. The summed E-state index contributed by atoms with van der Waals surface area (Å²) in [6.45, 7) is 5.11. The van der Waals surface area contributed by atoms with E-state index in [4.69, 9.17) is 0 Å². The van der Waals surface area contributed by atoms with Gasteiger partial charge < -0.3 is 4.90 Å². The lowest BCUT2D eigenvalue weighted by atomic mass is 9.97. The molecule has 0 spiro atoms. The van der Waals surface area contributed by atoms with Gasteiger partial charge in [-0.25, -0.2) is 0 Å². The van der Waals surface area contributed by atoms with Gasteiger partial charge >= 0.3 is 0 Å². The van der Waals surface area contributed by atoms with Crippen molar-refractivity contribution in [2.24, 2.45) is 0 Å². The van der Waals surface area contributed by atoms with Gasteiger partial charge in [-0.05, 0) is 30.8 Å². The Bertz CT molecular complexity index is 770. The lowest BCUT2D eigenvalue weighted by Gasteiger charge is -2.32. The smallest absolute Gasteiger partial charge is 0.194 e. The second-order valence-electron chi connectivity index (χ2n) is 6.27. The maximum absolute atomic E-state index is 12.7. The molecular formula is C20H21N3O. The average Bonchev–Trinajstić information content (AvgIpc) is 2.63. The van der Waals surface area contributed by atoms with E-state index in [-0.39, 0.29) is 5.78 Å². The molecule has 0 aliphatic carbocycles. The number of nitriles is 1. The van der Waals surface area contributed by atoms with Gasteiger partial charge in [0.2, 0.25) is 0 Å². The van der Waals surface area contributed by atoms with Crippen LogP contribution >= 0.6 is 0 Å². The van der Waals surface area contributed by atoms with Crippen LogP contribution in [0.2, 0.25) is 0 Å². The summed E-state index contributed by atoms with van der Waals surface area (Å²) in [5, 5.41) is 9.19. The predicted octanol–water partition coefficient (Wildman–Crippen LogP) is 2.54. The van der Waals surface area contributed by atoms with Crippen LogP contribution in [0.5, 0.6) is 0 Å². The van der Waals surface area contributed by atoms with Crippen LogP contribution in [0.4, 0.5) is 0 Å². The molecule has 1 fully saturated rings. The van der Waals surface area contributed by atoms with Crippen LogP contribution in [-0.4, -0.2) is 48.8 Å². The van der Waals surface area contributed by atoms with E-state index in [2.05, 4.69) is 29.0 Å². The van der Waals surface area contributed by atoms with Crippen LogP contribution in [0.25, 0.3) is 0 Å². The summed E-state index contributed by atoms with van der Waals surface area (Å²) >= 11 is 0. The zero-order valence-corrected chi connectivity index (χ0v) is 13.9. The standard InChI is InChI=1S/C20H21N3O/c1-22-9-11-23(12-10-22)15-16-5-4-7-17(13-16)20(24)19-8-3-2-6-18(19)14-21/h2-8,13H,9-12,15H2,1H3. The lowest BCUT2D eigenvalue weighted by molar-refractivity contribution is 0.103. The van der Waals surface area contributed by atoms with Crippen LogP contribution in [0.3, 0.4) is 0 Å². The first-order valence-electron chi connectivity index (χ1n) is 8.21. The Kier molecular flexibility index (Phi) is 5.05. The number of benzene rings is 2. The second-order valence-corrected chi connectivity index (χ2v) is 6.27. The largest absolute Gasteiger partial charge is 0.304 e. The van der Waals surface area contributed by atoms with E-state index in [9.17, 15) is 10.1 Å². The van der Waals surface area contributed by atoms with Crippen molar-refractivity contribution in [3.63, 3.8) is 0 Å². The molecule has 0 saturated carbocycles. The number of hydrogen-bond donors (Lipinski definition) is 0.